The fraction of sp³-hybridized carbons (Fsp3) is 0.682. The highest BCUT2D eigenvalue weighted by Gasteiger charge is 2.53. The summed E-state index contributed by atoms with van der Waals surface area (Å²) in [6.45, 7) is 6.81. The molecule has 1 saturated carbocycles. The Hall–Kier alpha value is -1.43. The number of benzene rings is 1. The number of amides is 1. The zero-order valence-corrected chi connectivity index (χ0v) is 16.7. The van der Waals surface area contributed by atoms with E-state index in [1.54, 1.807) is 7.11 Å². The molecule has 27 heavy (non-hydrogen) atoms. The van der Waals surface area contributed by atoms with Gasteiger partial charge < -0.3 is 14.4 Å². The molecule has 5 heteroatoms. The molecule has 5 nitrogen and oxygen atoms in total. The zero-order chi connectivity index (χ0) is 18.9. The third-order valence-corrected chi connectivity index (χ3v) is 6.35. The summed E-state index contributed by atoms with van der Waals surface area (Å²) in [5, 5.41) is 0. The van der Waals surface area contributed by atoms with Crippen molar-refractivity contribution >= 4 is 5.91 Å². The molecule has 2 heterocycles. The lowest BCUT2D eigenvalue weighted by Crippen LogP contribution is -2.45. The van der Waals surface area contributed by atoms with E-state index in [2.05, 4.69) is 36.1 Å². The molecule has 1 aromatic rings. The molecular weight excluding hydrogens is 340 g/mol. The molecule has 0 N–H and O–H groups in total. The Morgan fingerprint density at radius 2 is 2.15 bits per heavy atom. The first-order valence-corrected chi connectivity index (χ1v) is 10.4. The molecule has 2 fully saturated rings. The highest BCUT2D eigenvalue weighted by Crippen LogP contribution is 2.48. The minimum Gasteiger partial charge on any atom is -0.383 e. The van der Waals surface area contributed by atoms with Crippen molar-refractivity contribution in [3.8, 4) is 0 Å². The van der Waals surface area contributed by atoms with Gasteiger partial charge in [0.15, 0.2) is 0 Å². The summed E-state index contributed by atoms with van der Waals surface area (Å²) in [6.07, 6.45) is 4.05. The molecule has 1 aromatic carbocycles. The van der Waals surface area contributed by atoms with Gasteiger partial charge in [0.05, 0.1) is 18.8 Å². The summed E-state index contributed by atoms with van der Waals surface area (Å²) in [6, 6.07) is 8.73. The molecule has 2 atom stereocenters. The van der Waals surface area contributed by atoms with Crippen LogP contribution >= 0.6 is 0 Å². The average Bonchev–Trinajstić information content (AvgIpc) is 3.31. The van der Waals surface area contributed by atoms with Crippen molar-refractivity contribution in [2.45, 2.75) is 50.8 Å². The monoisotopic (exact) mass is 372 g/mol. The fourth-order valence-corrected chi connectivity index (χ4v) is 4.73. The van der Waals surface area contributed by atoms with E-state index in [0.29, 0.717) is 19.8 Å². The molecular formula is C22H32N2O3. The molecule has 1 amide bonds. The van der Waals surface area contributed by atoms with E-state index >= 15 is 0 Å². The lowest BCUT2D eigenvalue weighted by atomic mass is 9.86. The molecule has 148 valence electrons. The summed E-state index contributed by atoms with van der Waals surface area (Å²) in [5.41, 5.74) is 2.65. The summed E-state index contributed by atoms with van der Waals surface area (Å²) >= 11 is 0. The molecule has 0 radical (unpaired) electrons. The second-order valence-corrected chi connectivity index (χ2v) is 8.33. The smallest absolute Gasteiger partial charge is 0.251 e. The van der Waals surface area contributed by atoms with Gasteiger partial charge in [-0.15, -0.1) is 0 Å². The van der Waals surface area contributed by atoms with E-state index < -0.39 is 0 Å². The quantitative estimate of drug-likeness (QED) is 0.704. The summed E-state index contributed by atoms with van der Waals surface area (Å²) in [5.74, 6) is 0.950. The Morgan fingerprint density at radius 1 is 1.33 bits per heavy atom. The normalized spacial score (nSPS) is 27.3. The number of carbonyl (C=O) groups excluding carboxylic acids is 1. The largest absolute Gasteiger partial charge is 0.383 e. The highest BCUT2D eigenvalue weighted by molar-refractivity contribution is 5.81. The first-order valence-electron chi connectivity index (χ1n) is 10.4. The summed E-state index contributed by atoms with van der Waals surface area (Å²) in [7, 11) is 1.68. The van der Waals surface area contributed by atoms with Gasteiger partial charge in [0.25, 0.3) is 5.91 Å². The van der Waals surface area contributed by atoms with Gasteiger partial charge in [-0.1, -0.05) is 31.2 Å². The molecule has 1 spiro atoms. The number of ether oxygens (including phenoxy) is 2. The highest BCUT2D eigenvalue weighted by atomic mass is 16.5. The van der Waals surface area contributed by atoms with Gasteiger partial charge in [0.2, 0.25) is 0 Å². The Balaban J connectivity index is 1.53. The number of rotatable bonds is 8. The lowest BCUT2D eigenvalue weighted by Gasteiger charge is -2.35. The zero-order valence-electron chi connectivity index (χ0n) is 16.7. The Kier molecular flexibility index (Phi) is 5.53. The number of hydrogen-bond acceptors (Lipinski definition) is 4. The topological polar surface area (TPSA) is 42.0 Å². The molecule has 2 aliphatic heterocycles. The number of hydrogen-bond donors (Lipinski definition) is 0. The molecule has 0 bridgehead atoms. The van der Waals surface area contributed by atoms with Crippen molar-refractivity contribution in [1.29, 1.82) is 0 Å². The SMILES string of the molecule is CCCN(CCOC)C(=O)C1CC2(CO1)c1ccccc1CN2CC1CC1. The molecule has 3 aliphatic rings. The van der Waals surface area contributed by atoms with E-state index in [9.17, 15) is 4.79 Å². The van der Waals surface area contributed by atoms with Crippen LogP contribution in [-0.2, 0) is 26.4 Å². The van der Waals surface area contributed by atoms with Crippen LogP contribution in [0.1, 0.15) is 43.7 Å². The van der Waals surface area contributed by atoms with E-state index in [0.717, 1.165) is 38.4 Å². The van der Waals surface area contributed by atoms with Crippen LogP contribution in [0.5, 0.6) is 0 Å². The van der Waals surface area contributed by atoms with Gasteiger partial charge in [-0.2, -0.15) is 0 Å². The molecule has 1 saturated heterocycles. The van der Waals surface area contributed by atoms with Gasteiger partial charge in [0.1, 0.15) is 6.10 Å². The second-order valence-electron chi connectivity index (χ2n) is 8.33. The number of nitrogens with zero attached hydrogens (tertiary/aromatic N) is 2. The molecule has 0 aromatic heterocycles. The standard InChI is InChI=1S/C22H32N2O3/c1-3-10-23(11-12-26-2)21(25)20-13-22(16-27-20)19-7-5-4-6-18(19)15-24(22)14-17-8-9-17/h4-7,17,20H,3,8-16H2,1-2H3. The van der Waals surface area contributed by atoms with Crippen molar-refractivity contribution in [1.82, 2.24) is 9.80 Å². The van der Waals surface area contributed by atoms with Crippen molar-refractivity contribution in [2.24, 2.45) is 5.92 Å². The van der Waals surface area contributed by atoms with E-state index in [1.807, 2.05) is 4.90 Å². The first kappa shape index (κ1) is 18.9. The predicted octanol–water partition coefficient (Wildman–Crippen LogP) is 2.78. The van der Waals surface area contributed by atoms with Crippen molar-refractivity contribution in [3.05, 3.63) is 35.4 Å². The van der Waals surface area contributed by atoms with Gasteiger partial charge >= 0.3 is 0 Å². The van der Waals surface area contributed by atoms with Crippen LogP contribution in [0.3, 0.4) is 0 Å². The van der Waals surface area contributed by atoms with Crippen LogP contribution in [0.2, 0.25) is 0 Å². The van der Waals surface area contributed by atoms with Gasteiger partial charge in [-0.3, -0.25) is 9.69 Å². The van der Waals surface area contributed by atoms with Gasteiger partial charge in [-0.05, 0) is 36.3 Å². The van der Waals surface area contributed by atoms with E-state index in [4.69, 9.17) is 9.47 Å². The third-order valence-electron chi connectivity index (χ3n) is 6.35. The maximum Gasteiger partial charge on any atom is 0.251 e. The van der Waals surface area contributed by atoms with Crippen molar-refractivity contribution in [3.63, 3.8) is 0 Å². The van der Waals surface area contributed by atoms with Crippen LogP contribution in [0.25, 0.3) is 0 Å². The minimum absolute atomic E-state index is 0.126. The number of fused-ring (bicyclic) bond motifs is 2. The lowest BCUT2D eigenvalue weighted by molar-refractivity contribution is -0.141. The summed E-state index contributed by atoms with van der Waals surface area (Å²) < 4.78 is 11.4. The Labute approximate surface area is 162 Å². The van der Waals surface area contributed by atoms with Crippen LogP contribution < -0.4 is 0 Å². The van der Waals surface area contributed by atoms with Gasteiger partial charge in [-0.25, -0.2) is 0 Å². The minimum atomic E-state index is -0.346. The second kappa shape index (κ2) is 7.90. The average molecular weight is 373 g/mol. The number of methoxy groups -OCH3 is 1. The maximum absolute atomic E-state index is 13.2. The van der Waals surface area contributed by atoms with Crippen molar-refractivity contribution < 1.29 is 14.3 Å². The number of carbonyl (C=O) groups is 1. The van der Waals surface area contributed by atoms with Crippen LogP contribution in [-0.4, -0.2) is 61.8 Å². The van der Waals surface area contributed by atoms with Crippen molar-refractivity contribution in [2.75, 3.05) is 40.0 Å². The maximum atomic E-state index is 13.2. The Morgan fingerprint density at radius 3 is 2.89 bits per heavy atom. The summed E-state index contributed by atoms with van der Waals surface area (Å²) in [4.78, 5) is 17.7. The van der Waals surface area contributed by atoms with E-state index in [1.165, 1.54) is 24.0 Å². The predicted molar refractivity (Wildman–Crippen MR) is 104 cm³/mol. The van der Waals surface area contributed by atoms with Crippen LogP contribution in [0, 0.1) is 5.92 Å². The first-order chi connectivity index (χ1) is 13.2. The van der Waals surface area contributed by atoms with Crippen LogP contribution in [0.4, 0.5) is 0 Å². The molecule has 1 aliphatic carbocycles. The van der Waals surface area contributed by atoms with E-state index in [-0.39, 0.29) is 17.6 Å². The van der Waals surface area contributed by atoms with Crippen LogP contribution in [0.15, 0.2) is 24.3 Å². The molecule has 2 unspecified atom stereocenters. The third kappa shape index (κ3) is 3.65. The fourth-order valence-electron chi connectivity index (χ4n) is 4.73. The Bertz CT molecular complexity index is 675. The van der Waals surface area contributed by atoms with Gasteiger partial charge in [0, 0.05) is 39.7 Å². The molecule has 4 rings (SSSR count).